The number of aromatic nitrogens is 2. The van der Waals surface area contributed by atoms with E-state index in [1.165, 1.54) is 4.90 Å². The van der Waals surface area contributed by atoms with Crippen LogP contribution in [0.5, 0.6) is 0 Å². The number of nitrogen functional groups attached to an aromatic ring is 1. The highest BCUT2D eigenvalue weighted by Gasteiger charge is 2.22. The fourth-order valence-electron chi connectivity index (χ4n) is 2.24. The fourth-order valence-corrected chi connectivity index (χ4v) is 2.24. The summed E-state index contributed by atoms with van der Waals surface area (Å²) < 4.78 is 1.71. The zero-order valence-electron chi connectivity index (χ0n) is 10.5. The summed E-state index contributed by atoms with van der Waals surface area (Å²) in [7, 11) is 1.84. The van der Waals surface area contributed by atoms with E-state index in [0.29, 0.717) is 24.7 Å². The predicted molar refractivity (Wildman–Crippen MR) is 68.4 cm³/mol. The number of nitrogens with zero attached hydrogens (tertiary/aromatic N) is 3. The highest BCUT2D eigenvalue weighted by molar-refractivity contribution is 5.65. The Morgan fingerprint density at radius 2 is 2.28 bits per heavy atom. The molecular formula is C11H19N5O2. The largest absolute Gasteiger partial charge is 0.465 e. The first kappa shape index (κ1) is 12.5. The second-order valence-corrected chi connectivity index (χ2v) is 4.67. The van der Waals surface area contributed by atoms with Crippen LogP contribution in [0.3, 0.4) is 0 Å². The zero-order valence-corrected chi connectivity index (χ0v) is 10.5. The van der Waals surface area contributed by atoms with Gasteiger partial charge in [-0.15, -0.1) is 0 Å². The number of anilines is 2. The molecule has 7 heteroatoms. The standard InChI is InChI=1S/C11H19N5O2/c1-15-10(9(12)7-14-15)13-6-8-2-4-16(5-3-8)11(17)18/h7-8,13H,2-6,12H2,1H3,(H,17,18). The number of aryl methyl sites for hydroxylation is 1. The minimum absolute atomic E-state index is 0.481. The molecule has 4 N–H and O–H groups in total. The molecule has 0 aromatic carbocycles. The number of likely N-dealkylation sites (tertiary alicyclic amines) is 1. The van der Waals surface area contributed by atoms with Crippen LogP contribution in [-0.2, 0) is 7.05 Å². The molecule has 18 heavy (non-hydrogen) atoms. The average Bonchev–Trinajstić information content (AvgIpc) is 2.67. The SMILES string of the molecule is Cn1ncc(N)c1NCC1CCN(C(=O)O)CC1. The van der Waals surface area contributed by atoms with Gasteiger partial charge in [0.1, 0.15) is 5.82 Å². The first-order chi connectivity index (χ1) is 8.58. The quantitative estimate of drug-likeness (QED) is 0.740. The van der Waals surface area contributed by atoms with Gasteiger partial charge in [-0.25, -0.2) is 4.79 Å². The van der Waals surface area contributed by atoms with Crippen molar-refractivity contribution in [3.63, 3.8) is 0 Å². The molecule has 1 fully saturated rings. The predicted octanol–water partition coefficient (Wildman–Crippen LogP) is 0.804. The molecule has 1 aromatic rings. The Hall–Kier alpha value is -1.92. The van der Waals surface area contributed by atoms with Crippen molar-refractivity contribution in [2.75, 3.05) is 30.7 Å². The first-order valence-corrected chi connectivity index (χ1v) is 6.07. The number of piperidine rings is 1. The Balaban J connectivity index is 1.81. The van der Waals surface area contributed by atoms with Crippen molar-refractivity contribution in [2.24, 2.45) is 13.0 Å². The van der Waals surface area contributed by atoms with E-state index < -0.39 is 6.09 Å². The third kappa shape index (κ3) is 2.66. The molecule has 0 radical (unpaired) electrons. The van der Waals surface area contributed by atoms with Gasteiger partial charge >= 0.3 is 6.09 Å². The normalized spacial score (nSPS) is 16.8. The van der Waals surface area contributed by atoms with Crippen LogP contribution in [0, 0.1) is 5.92 Å². The lowest BCUT2D eigenvalue weighted by molar-refractivity contribution is 0.126. The highest BCUT2D eigenvalue weighted by Crippen LogP contribution is 2.20. The Bertz CT molecular complexity index is 404. The molecule has 1 aliphatic rings. The van der Waals surface area contributed by atoms with Crippen LogP contribution in [-0.4, -0.2) is 45.5 Å². The van der Waals surface area contributed by atoms with Gasteiger partial charge in [-0.2, -0.15) is 5.10 Å². The zero-order chi connectivity index (χ0) is 13.1. The van der Waals surface area contributed by atoms with E-state index in [9.17, 15) is 4.79 Å². The molecule has 0 atom stereocenters. The maximum atomic E-state index is 10.8. The molecule has 7 nitrogen and oxygen atoms in total. The molecule has 0 aliphatic carbocycles. The van der Waals surface area contributed by atoms with E-state index in [2.05, 4.69) is 10.4 Å². The average molecular weight is 253 g/mol. The molecular weight excluding hydrogens is 234 g/mol. The topological polar surface area (TPSA) is 96.4 Å². The van der Waals surface area contributed by atoms with Gasteiger partial charge in [0.05, 0.1) is 11.9 Å². The van der Waals surface area contributed by atoms with Gasteiger partial charge in [-0.05, 0) is 18.8 Å². The Morgan fingerprint density at radius 1 is 1.61 bits per heavy atom. The summed E-state index contributed by atoms with van der Waals surface area (Å²) in [5, 5.41) is 16.2. The molecule has 0 saturated carbocycles. The summed E-state index contributed by atoms with van der Waals surface area (Å²) in [5.74, 6) is 1.31. The number of carboxylic acid groups (broad SMARTS) is 1. The second-order valence-electron chi connectivity index (χ2n) is 4.67. The molecule has 100 valence electrons. The van der Waals surface area contributed by atoms with Gasteiger partial charge in [-0.1, -0.05) is 0 Å². The Morgan fingerprint density at radius 3 is 2.78 bits per heavy atom. The van der Waals surface area contributed by atoms with Crippen LogP contribution in [0.4, 0.5) is 16.3 Å². The van der Waals surface area contributed by atoms with Gasteiger partial charge in [0, 0.05) is 26.7 Å². The maximum Gasteiger partial charge on any atom is 0.407 e. The fraction of sp³-hybridized carbons (Fsp3) is 0.636. The Kier molecular flexibility index (Phi) is 3.59. The van der Waals surface area contributed by atoms with Gasteiger partial charge in [0.25, 0.3) is 0 Å². The monoisotopic (exact) mass is 253 g/mol. The molecule has 1 saturated heterocycles. The summed E-state index contributed by atoms with van der Waals surface area (Å²) in [6, 6.07) is 0. The third-order valence-corrected chi connectivity index (χ3v) is 3.41. The summed E-state index contributed by atoms with van der Waals surface area (Å²) >= 11 is 0. The van der Waals surface area contributed by atoms with E-state index in [1.54, 1.807) is 10.9 Å². The van der Waals surface area contributed by atoms with Crippen LogP contribution in [0.2, 0.25) is 0 Å². The van der Waals surface area contributed by atoms with E-state index >= 15 is 0 Å². The lowest BCUT2D eigenvalue weighted by Crippen LogP contribution is -2.39. The van der Waals surface area contributed by atoms with Crippen molar-refractivity contribution < 1.29 is 9.90 Å². The molecule has 2 rings (SSSR count). The number of rotatable bonds is 3. The summed E-state index contributed by atoms with van der Waals surface area (Å²) in [4.78, 5) is 12.2. The van der Waals surface area contributed by atoms with Crippen molar-refractivity contribution in [3.8, 4) is 0 Å². The van der Waals surface area contributed by atoms with Gasteiger partial charge in [-0.3, -0.25) is 4.68 Å². The number of carbonyl (C=O) groups is 1. The highest BCUT2D eigenvalue weighted by atomic mass is 16.4. The van der Waals surface area contributed by atoms with E-state index in [1.807, 2.05) is 7.05 Å². The molecule has 0 spiro atoms. The third-order valence-electron chi connectivity index (χ3n) is 3.41. The van der Waals surface area contributed by atoms with Crippen LogP contribution >= 0.6 is 0 Å². The summed E-state index contributed by atoms with van der Waals surface area (Å²) in [5.41, 5.74) is 6.43. The molecule has 0 bridgehead atoms. The lowest BCUT2D eigenvalue weighted by Gasteiger charge is -2.30. The summed E-state index contributed by atoms with van der Waals surface area (Å²) in [6.45, 7) is 2.03. The van der Waals surface area contributed by atoms with Crippen molar-refractivity contribution in [3.05, 3.63) is 6.20 Å². The number of nitrogens with one attached hydrogen (secondary N) is 1. The first-order valence-electron chi connectivity index (χ1n) is 6.07. The maximum absolute atomic E-state index is 10.8. The smallest absolute Gasteiger partial charge is 0.407 e. The minimum Gasteiger partial charge on any atom is -0.465 e. The molecule has 1 aromatic heterocycles. The van der Waals surface area contributed by atoms with Crippen molar-refractivity contribution >= 4 is 17.6 Å². The van der Waals surface area contributed by atoms with Gasteiger partial charge in [0.15, 0.2) is 0 Å². The summed E-state index contributed by atoms with van der Waals surface area (Å²) in [6.07, 6.45) is 2.57. The van der Waals surface area contributed by atoms with Crippen molar-refractivity contribution in [1.82, 2.24) is 14.7 Å². The van der Waals surface area contributed by atoms with Crippen molar-refractivity contribution in [2.45, 2.75) is 12.8 Å². The van der Waals surface area contributed by atoms with Gasteiger partial charge < -0.3 is 21.1 Å². The van der Waals surface area contributed by atoms with Crippen LogP contribution in [0.15, 0.2) is 6.20 Å². The minimum atomic E-state index is -0.822. The van der Waals surface area contributed by atoms with E-state index in [-0.39, 0.29) is 0 Å². The number of nitrogens with two attached hydrogens (primary N) is 1. The van der Waals surface area contributed by atoms with Crippen molar-refractivity contribution in [1.29, 1.82) is 0 Å². The molecule has 2 heterocycles. The molecule has 1 aliphatic heterocycles. The second kappa shape index (κ2) is 5.16. The number of hydrogen-bond donors (Lipinski definition) is 3. The molecule has 1 amide bonds. The van der Waals surface area contributed by atoms with Crippen LogP contribution in [0.25, 0.3) is 0 Å². The Labute approximate surface area is 106 Å². The van der Waals surface area contributed by atoms with Crippen LogP contribution < -0.4 is 11.1 Å². The number of hydrogen-bond acceptors (Lipinski definition) is 4. The van der Waals surface area contributed by atoms with Gasteiger partial charge in [0.2, 0.25) is 0 Å². The lowest BCUT2D eigenvalue weighted by atomic mass is 9.97. The van der Waals surface area contributed by atoms with E-state index in [0.717, 1.165) is 25.2 Å². The van der Waals surface area contributed by atoms with E-state index in [4.69, 9.17) is 10.8 Å². The molecule has 0 unspecified atom stereocenters. The van der Waals surface area contributed by atoms with Crippen LogP contribution in [0.1, 0.15) is 12.8 Å². The number of amides is 1.